The van der Waals surface area contributed by atoms with Crippen LogP contribution in [0.25, 0.3) is 0 Å². The molecule has 0 amide bonds. The van der Waals surface area contributed by atoms with Gasteiger partial charge in [-0.1, -0.05) is 85.4 Å². The summed E-state index contributed by atoms with van der Waals surface area (Å²) < 4.78 is 8.20. The van der Waals surface area contributed by atoms with Gasteiger partial charge in [0.15, 0.2) is 5.78 Å². The minimum absolute atomic E-state index is 0.165. The van der Waals surface area contributed by atoms with Gasteiger partial charge in [-0.15, -0.1) is 0 Å². The highest BCUT2D eigenvalue weighted by molar-refractivity contribution is 9.10. The number of aliphatic hydroxyl groups excluding tert-OH is 1. The maximum absolute atomic E-state index is 13.3. The number of phenolic OH excluding ortho intramolecular Hbond substituents is 1. The topological polar surface area (TPSA) is 96.6 Å². The molecule has 8 heteroatoms. The van der Waals surface area contributed by atoms with E-state index in [1.165, 1.54) is 25.7 Å². The number of carbonyl (C=O) groups is 1. The van der Waals surface area contributed by atoms with Gasteiger partial charge in [0.05, 0.1) is 16.7 Å². The molecule has 264 valence electrons. The molecular weight excluding hydrogens is 642 g/mol. The molecule has 1 saturated carbocycles. The molecule has 4 rings (SSSR count). The van der Waals surface area contributed by atoms with Crippen molar-refractivity contribution in [3.63, 3.8) is 0 Å². The van der Waals surface area contributed by atoms with E-state index in [1.807, 2.05) is 32.9 Å². The Morgan fingerprint density at radius 2 is 1.67 bits per heavy atom. The molecule has 7 nitrogen and oxygen atoms in total. The fourth-order valence-electron chi connectivity index (χ4n) is 4.58. The molecule has 3 N–H and O–H groups in total. The van der Waals surface area contributed by atoms with E-state index in [1.54, 1.807) is 11.6 Å². The van der Waals surface area contributed by atoms with Crippen LogP contribution < -0.4 is 5.32 Å². The number of aliphatic hydroxyl groups is 1. The Kier molecular flexibility index (Phi) is 26.6. The molecule has 0 spiro atoms. The number of unbranched alkanes of at least 4 members (excludes halogenated alkanes) is 2. The number of aromatic hydroxyl groups is 1. The number of nitrogens with one attached hydrogen (secondary N) is 1. The maximum atomic E-state index is 13.3. The summed E-state index contributed by atoms with van der Waals surface area (Å²) in [6.07, 6.45) is 15.7. The van der Waals surface area contributed by atoms with Gasteiger partial charge in [-0.05, 0) is 98.3 Å². The van der Waals surface area contributed by atoms with Crippen LogP contribution in [0.5, 0.6) is 5.75 Å². The summed E-state index contributed by atoms with van der Waals surface area (Å²) in [7, 11) is 0. The number of nitrogens with zero attached hydrogens (tertiary/aromatic N) is 2. The van der Waals surface area contributed by atoms with E-state index in [4.69, 9.17) is 14.8 Å². The van der Waals surface area contributed by atoms with Gasteiger partial charge < -0.3 is 24.8 Å². The third kappa shape index (κ3) is 17.1. The van der Waals surface area contributed by atoms with Crippen LogP contribution >= 0.6 is 15.9 Å². The van der Waals surface area contributed by atoms with Crippen molar-refractivity contribution in [2.45, 2.75) is 151 Å². The maximum Gasteiger partial charge on any atom is 0.204 e. The number of hydrogen-bond acceptors (Lipinski definition) is 6. The third-order valence-corrected chi connectivity index (χ3v) is 8.00. The molecule has 2 heterocycles. The number of hydrogen-bond donors (Lipinski definition) is 3. The first kappa shape index (κ1) is 43.8. The van der Waals surface area contributed by atoms with Crippen molar-refractivity contribution >= 4 is 27.7 Å². The normalized spacial score (nSPS) is 13.7. The van der Waals surface area contributed by atoms with Gasteiger partial charge in [-0.2, -0.15) is 0 Å². The first-order valence-electron chi connectivity index (χ1n) is 18.0. The van der Waals surface area contributed by atoms with Crippen molar-refractivity contribution in [3.05, 3.63) is 51.3 Å². The number of rotatable bonds is 12. The van der Waals surface area contributed by atoms with Crippen LogP contribution in [0.1, 0.15) is 154 Å². The fraction of sp³-hybridized carbons (Fsp3) is 0.684. The number of anilines is 1. The molecule has 0 unspecified atom stereocenters. The Hall–Kier alpha value is -2.16. The second kappa shape index (κ2) is 27.9. The van der Waals surface area contributed by atoms with Crippen molar-refractivity contribution < 1.29 is 19.7 Å². The monoisotopic (exact) mass is 707 g/mol. The van der Waals surface area contributed by atoms with Gasteiger partial charge in [0.25, 0.3) is 0 Å². The van der Waals surface area contributed by atoms with Crippen molar-refractivity contribution in [2.75, 3.05) is 25.1 Å². The molecule has 2 aromatic rings. The Morgan fingerprint density at radius 1 is 1.07 bits per heavy atom. The summed E-state index contributed by atoms with van der Waals surface area (Å²) in [5, 5.41) is 21.4. The SMILES string of the molecule is CC.CC=C1CCC1.CCC.CCCCC(=O)c1c(CCCC)nc(NC2CCOCC2)n1Cc1ccc(O)c(Br)c1.CCCO. The van der Waals surface area contributed by atoms with Crippen LogP contribution in [0.4, 0.5) is 5.95 Å². The van der Waals surface area contributed by atoms with Crippen LogP contribution in [0.3, 0.4) is 0 Å². The average Bonchev–Trinajstić information content (AvgIpc) is 3.38. The average molecular weight is 709 g/mol. The number of ether oxygens (including phenoxy) is 1. The molecule has 46 heavy (non-hydrogen) atoms. The van der Waals surface area contributed by atoms with Crippen LogP contribution in [0.2, 0.25) is 0 Å². The summed E-state index contributed by atoms with van der Waals surface area (Å²) >= 11 is 3.41. The van der Waals surface area contributed by atoms with Crippen LogP contribution in [-0.2, 0) is 17.7 Å². The predicted octanol–water partition coefficient (Wildman–Crippen LogP) is 10.7. The molecule has 0 atom stereocenters. The minimum atomic E-state index is 0.165. The molecule has 1 aromatic heterocycles. The highest BCUT2D eigenvalue weighted by atomic mass is 79.9. The van der Waals surface area contributed by atoms with Crippen molar-refractivity contribution in [1.29, 1.82) is 0 Å². The predicted molar refractivity (Wildman–Crippen MR) is 199 cm³/mol. The second-order valence-corrected chi connectivity index (χ2v) is 12.3. The van der Waals surface area contributed by atoms with Gasteiger partial charge in [-0.25, -0.2) is 4.98 Å². The molecule has 1 saturated heterocycles. The van der Waals surface area contributed by atoms with Crippen molar-refractivity contribution in [3.8, 4) is 5.75 Å². The lowest BCUT2D eigenvalue weighted by Crippen LogP contribution is -2.29. The van der Waals surface area contributed by atoms with E-state index in [0.29, 0.717) is 30.1 Å². The number of phenols is 1. The number of carbonyl (C=O) groups excluding carboxylic acids is 1. The zero-order valence-electron chi connectivity index (χ0n) is 30.4. The van der Waals surface area contributed by atoms with Gasteiger partial charge in [-0.3, -0.25) is 4.79 Å². The number of allylic oxidation sites excluding steroid dienone is 2. The molecular formula is C38H66BrN3O4. The van der Waals surface area contributed by atoms with E-state index < -0.39 is 0 Å². The number of ketones is 1. The number of Topliss-reactive ketones (excluding diaryl/α,β-unsaturated/α-hetero) is 1. The number of benzene rings is 1. The summed E-state index contributed by atoms with van der Waals surface area (Å²) in [5.41, 5.74) is 4.29. The standard InChI is InChI=1S/C24H34BrN3O3.C6H10.C3H8O.C3H8.C2H6/c1-3-5-7-20-23(22(30)8-6-4-2)28(16-17-9-10-21(29)19(25)15-17)24(27-20)26-18-11-13-31-14-12-18;1-2-6-4-3-5-6;1-2-3-4;1-3-2;1-2/h9-10,15,18,29H,3-8,11-14,16H2,1-2H3,(H,26,27);2H,3-5H2,1H3;4H,2-3H2,1H3;3H2,1-2H3;1-2H3. The number of aryl methyl sites for hydroxylation is 1. The Labute approximate surface area is 289 Å². The van der Waals surface area contributed by atoms with E-state index >= 15 is 0 Å². The lowest BCUT2D eigenvalue weighted by atomic mass is 9.93. The lowest BCUT2D eigenvalue weighted by molar-refractivity contribution is 0.0901. The van der Waals surface area contributed by atoms with E-state index in [2.05, 4.69) is 66.5 Å². The van der Waals surface area contributed by atoms with Crippen LogP contribution in [0, 0.1) is 0 Å². The molecule has 2 aliphatic rings. The summed E-state index contributed by atoms with van der Waals surface area (Å²) in [6, 6.07) is 5.77. The third-order valence-electron chi connectivity index (χ3n) is 7.36. The molecule has 1 aromatic carbocycles. The molecule has 0 radical (unpaired) electrons. The van der Waals surface area contributed by atoms with E-state index in [0.717, 1.165) is 87.5 Å². The molecule has 2 fully saturated rings. The number of imidazole rings is 1. The first-order chi connectivity index (χ1) is 22.3. The van der Waals surface area contributed by atoms with Gasteiger partial charge in [0.2, 0.25) is 5.95 Å². The van der Waals surface area contributed by atoms with Crippen LogP contribution in [0.15, 0.2) is 34.3 Å². The minimum Gasteiger partial charge on any atom is -0.507 e. The largest absolute Gasteiger partial charge is 0.507 e. The summed E-state index contributed by atoms with van der Waals surface area (Å²) in [4.78, 5) is 18.2. The van der Waals surface area contributed by atoms with Gasteiger partial charge in [0.1, 0.15) is 11.4 Å². The zero-order chi connectivity index (χ0) is 34.7. The summed E-state index contributed by atoms with van der Waals surface area (Å²) in [5.74, 6) is 1.14. The quantitative estimate of drug-likeness (QED) is 0.150. The highest BCUT2D eigenvalue weighted by Crippen LogP contribution is 2.28. The smallest absolute Gasteiger partial charge is 0.204 e. The number of aromatic nitrogens is 2. The zero-order valence-corrected chi connectivity index (χ0v) is 32.0. The Bertz CT molecular complexity index is 1090. The highest BCUT2D eigenvalue weighted by Gasteiger charge is 2.25. The summed E-state index contributed by atoms with van der Waals surface area (Å²) in [6.45, 7) is 18.9. The first-order valence-corrected chi connectivity index (χ1v) is 18.8. The van der Waals surface area contributed by atoms with E-state index in [9.17, 15) is 9.90 Å². The Balaban J connectivity index is 0.00000112. The van der Waals surface area contributed by atoms with Gasteiger partial charge >= 0.3 is 0 Å². The van der Waals surface area contributed by atoms with Crippen molar-refractivity contribution in [2.24, 2.45) is 0 Å². The number of halogens is 1. The van der Waals surface area contributed by atoms with Gasteiger partial charge in [0, 0.05) is 32.3 Å². The molecule has 0 bridgehead atoms. The Morgan fingerprint density at radius 3 is 2.13 bits per heavy atom. The lowest BCUT2D eigenvalue weighted by Gasteiger charge is -2.24. The van der Waals surface area contributed by atoms with E-state index in [-0.39, 0.29) is 11.5 Å². The van der Waals surface area contributed by atoms with Crippen LogP contribution in [-0.4, -0.2) is 51.4 Å². The molecule has 1 aliphatic carbocycles. The van der Waals surface area contributed by atoms with Crippen molar-refractivity contribution in [1.82, 2.24) is 9.55 Å². The fourth-order valence-corrected chi connectivity index (χ4v) is 5.00. The second-order valence-electron chi connectivity index (χ2n) is 11.5. The molecule has 1 aliphatic heterocycles.